The number of aromatic nitrogens is 6. The zero-order chi connectivity index (χ0) is 29.3. The van der Waals surface area contributed by atoms with E-state index < -0.39 is 30.4 Å². The molecule has 2 aromatic carbocycles. The summed E-state index contributed by atoms with van der Waals surface area (Å²) in [6.45, 7) is 0.359. The van der Waals surface area contributed by atoms with E-state index >= 15 is 0 Å². The first-order valence-corrected chi connectivity index (χ1v) is 13.7. The summed E-state index contributed by atoms with van der Waals surface area (Å²) >= 11 is 0. The number of hydrogen-bond acceptors (Lipinski definition) is 6. The van der Waals surface area contributed by atoms with Gasteiger partial charge in [0.25, 0.3) is 12.0 Å². The molecule has 1 aliphatic rings. The van der Waals surface area contributed by atoms with Crippen molar-refractivity contribution in [1.29, 1.82) is 0 Å². The molecule has 4 heterocycles. The molecule has 1 N–H and O–H groups in total. The summed E-state index contributed by atoms with van der Waals surface area (Å²) in [5.74, 6) is -0.428. The number of amides is 1. The zero-order valence-electron chi connectivity index (χ0n) is 22.6. The Morgan fingerprint density at radius 1 is 0.976 bits per heavy atom. The van der Waals surface area contributed by atoms with Gasteiger partial charge in [0, 0.05) is 25.5 Å². The Balaban J connectivity index is 1.13. The van der Waals surface area contributed by atoms with E-state index in [0.29, 0.717) is 11.0 Å². The predicted molar refractivity (Wildman–Crippen MR) is 151 cm³/mol. The molecule has 5 aromatic rings. The van der Waals surface area contributed by atoms with Crippen molar-refractivity contribution >= 4 is 16.9 Å². The Kier molecular flexibility index (Phi) is 7.38. The largest absolute Gasteiger partial charge is 0.388 e. The van der Waals surface area contributed by atoms with Crippen molar-refractivity contribution in [3.8, 4) is 16.8 Å². The van der Waals surface area contributed by atoms with Crippen LogP contribution in [0.1, 0.15) is 25.3 Å². The highest BCUT2D eigenvalue weighted by molar-refractivity contribution is 5.77. The van der Waals surface area contributed by atoms with E-state index in [1.54, 1.807) is 4.68 Å². The Labute approximate surface area is 239 Å². The van der Waals surface area contributed by atoms with Crippen molar-refractivity contribution in [2.75, 3.05) is 13.1 Å². The SMILES string of the molecule is O=C(C[C@H](C(F)F)n1cccn1)N1CCC(O)(Cn2cnc3c(cnn3-c3ccc(-c4ccccc4)cc3)c2=O)CC1. The molecule has 0 bridgehead atoms. The minimum absolute atomic E-state index is 0.0132. The highest BCUT2D eigenvalue weighted by Crippen LogP contribution is 2.27. The molecule has 1 saturated heterocycles. The van der Waals surface area contributed by atoms with Gasteiger partial charge in [-0.15, -0.1) is 0 Å². The lowest BCUT2D eigenvalue weighted by atomic mass is 9.91. The van der Waals surface area contributed by atoms with E-state index in [0.717, 1.165) is 21.5 Å². The van der Waals surface area contributed by atoms with Gasteiger partial charge in [0.1, 0.15) is 17.8 Å². The highest BCUT2D eigenvalue weighted by Gasteiger charge is 2.36. The van der Waals surface area contributed by atoms with E-state index in [4.69, 9.17) is 0 Å². The minimum atomic E-state index is -2.75. The van der Waals surface area contributed by atoms with Crippen molar-refractivity contribution in [3.63, 3.8) is 0 Å². The number of fused-ring (bicyclic) bond motifs is 1. The average Bonchev–Trinajstić information content (AvgIpc) is 3.69. The summed E-state index contributed by atoms with van der Waals surface area (Å²) in [6, 6.07) is 18.0. The first kappa shape index (κ1) is 27.5. The third-order valence-electron chi connectivity index (χ3n) is 7.82. The van der Waals surface area contributed by atoms with Crippen molar-refractivity contribution in [1.82, 2.24) is 34.0 Å². The molecule has 0 unspecified atom stereocenters. The van der Waals surface area contributed by atoms with Crippen molar-refractivity contribution < 1.29 is 18.7 Å². The first-order chi connectivity index (χ1) is 20.3. The van der Waals surface area contributed by atoms with Crippen molar-refractivity contribution in [2.45, 2.75) is 43.9 Å². The van der Waals surface area contributed by atoms with Gasteiger partial charge in [-0.1, -0.05) is 42.5 Å². The summed E-state index contributed by atoms with van der Waals surface area (Å²) < 4.78 is 31.2. The number of benzene rings is 2. The van der Waals surface area contributed by atoms with Crippen LogP contribution < -0.4 is 5.56 Å². The minimum Gasteiger partial charge on any atom is -0.388 e. The van der Waals surface area contributed by atoms with E-state index in [1.807, 2.05) is 54.6 Å². The third kappa shape index (κ3) is 5.45. The molecule has 0 saturated carbocycles. The number of rotatable bonds is 8. The van der Waals surface area contributed by atoms with Crippen LogP contribution >= 0.6 is 0 Å². The Morgan fingerprint density at radius 2 is 1.69 bits per heavy atom. The van der Waals surface area contributed by atoms with Crippen LogP contribution in [0.25, 0.3) is 27.8 Å². The number of alkyl halides is 2. The molecular weight excluding hydrogens is 544 g/mol. The highest BCUT2D eigenvalue weighted by atomic mass is 19.3. The fraction of sp³-hybridized carbons (Fsp3) is 0.300. The van der Waals surface area contributed by atoms with Crippen molar-refractivity contribution in [2.24, 2.45) is 0 Å². The predicted octanol–water partition coefficient (Wildman–Crippen LogP) is 3.70. The smallest absolute Gasteiger partial charge is 0.264 e. The molecular formula is C30H29F2N7O3. The van der Waals surface area contributed by atoms with Crippen LogP contribution in [-0.2, 0) is 11.3 Å². The Bertz CT molecular complexity index is 1730. The summed E-state index contributed by atoms with van der Waals surface area (Å²) in [5, 5.41) is 19.8. The topological polar surface area (TPSA) is 111 Å². The number of carbonyl (C=O) groups is 1. The van der Waals surface area contributed by atoms with Gasteiger partial charge in [-0.3, -0.25) is 18.8 Å². The molecule has 0 aliphatic carbocycles. The lowest BCUT2D eigenvalue weighted by Crippen LogP contribution is -2.50. The lowest BCUT2D eigenvalue weighted by molar-refractivity contribution is -0.138. The molecule has 216 valence electrons. The third-order valence-corrected chi connectivity index (χ3v) is 7.82. The molecule has 0 spiro atoms. The number of halogens is 2. The maximum Gasteiger partial charge on any atom is 0.264 e. The Morgan fingerprint density at radius 3 is 2.36 bits per heavy atom. The molecule has 10 nitrogen and oxygen atoms in total. The number of aliphatic hydroxyl groups is 1. The van der Waals surface area contributed by atoms with E-state index in [9.17, 15) is 23.5 Å². The maximum atomic E-state index is 13.6. The molecule has 42 heavy (non-hydrogen) atoms. The van der Waals surface area contributed by atoms with Crippen molar-refractivity contribution in [3.05, 3.63) is 95.9 Å². The van der Waals surface area contributed by atoms with Gasteiger partial charge in [0.2, 0.25) is 5.91 Å². The maximum absolute atomic E-state index is 13.6. The van der Waals surface area contributed by atoms with Gasteiger partial charge >= 0.3 is 0 Å². The van der Waals surface area contributed by atoms with E-state index in [1.165, 1.54) is 40.5 Å². The van der Waals surface area contributed by atoms with Gasteiger partial charge in [0.05, 0.1) is 30.5 Å². The standard InChI is InChI=1S/C30H29F2N7O3/c31-27(32)25(38-14-4-13-34-38)17-26(40)36-15-11-30(42,12-16-36)19-37-20-33-28-24(29(37)41)18-35-39(28)23-9-7-22(8-10-23)21-5-2-1-3-6-21/h1-10,13-14,18,20,25,27,42H,11-12,15-17,19H2/t25-/m1/s1. The van der Waals surface area contributed by atoms with Crippen LogP contribution in [0.3, 0.4) is 0 Å². The second kappa shape index (κ2) is 11.3. The molecule has 1 fully saturated rings. The van der Waals surface area contributed by atoms with E-state index in [-0.39, 0.29) is 38.0 Å². The number of nitrogens with zero attached hydrogens (tertiary/aromatic N) is 7. The monoisotopic (exact) mass is 573 g/mol. The molecule has 1 amide bonds. The molecule has 3 aromatic heterocycles. The Hall–Kier alpha value is -4.71. The number of carbonyl (C=O) groups excluding carboxylic acids is 1. The summed E-state index contributed by atoms with van der Waals surface area (Å²) in [6.07, 6.45) is 2.91. The fourth-order valence-electron chi connectivity index (χ4n) is 5.41. The van der Waals surface area contributed by atoms with E-state index in [2.05, 4.69) is 15.2 Å². The normalized spacial score (nSPS) is 15.8. The number of likely N-dealkylation sites (tertiary alicyclic amines) is 1. The van der Waals surface area contributed by atoms with Gasteiger partial charge in [0.15, 0.2) is 5.65 Å². The molecule has 1 atom stereocenters. The van der Waals surface area contributed by atoms with Crippen LogP contribution in [0.15, 0.2) is 90.4 Å². The number of piperidine rings is 1. The molecule has 1 aliphatic heterocycles. The van der Waals surface area contributed by atoms with Gasteiger partial charge < -0.3 is 10.0 Å². The summed E-state index contributed by atoms with van der Waals surface area (Å²) in [7, 11) is 0. The van der Waals surface area contributed by atoms with Gasteiger partial charge in [-0.25, -0.2) is 18.4 Å². The second-order valence-electron chi connectivity index (χ2n) is 10.6. The van der Waals surface area contributed by atoms with Crippen LogP contribution in [0.2, 0.25) is 0 Å². The van der Waals surface area contributed by atoms with Crippen LogP contribution in [0, 0.1) is 0 Å². The fourth-order valence-corrected chi connectivity index (χ4v) is 5.41. The van der Waals surface area contributed by atoms with Crippen LogP contribution in [-0.4, -0.2) is 70.1 Å². The molecule has 6 rings (SSSR count). The summed E-state index contributed by atoms with van der Waals surface area (Å²) in [5.41, 5.74) is 1.71. The molecule has 0 radical (unpaired) electrons. The quantitative estimate of drug-likeness (QED) is 0.303. The molecule has 12 heteroatoms. The second-order valence-corrected chi connectivity index (χ2v) is 10.6. The zero-order valence-corrected chi connectivity index (χ0v) is 22.6. The van der Waals surface area contributed by atoms with Crippen LogP contribution in [0.5, 0.6) is 0 Å². The lowest BCUT2D eigenvalue weighted by Gasteiger charge is -2.38. The van der Waals surface area contributed by atoms with Gasteiger partial charge in [-0.05, 0) is 42.2 Å². The van der Waals surface area contributed by atoms with Crippen LogP contribution in [0.4, 0.5) is 8.78 Å². The summed E-state index contributed by atoms with van der Waals surface area (Å²) in [4.78, 5) is 32.1. The first-order valence-electron chi connectivity index (χ1n) is 13.7. The average molecular weight is 574 g/mol. The van der Waals surface area contributed by atoms with Gasteiger partial charge in [-0.2, -0.15) is 10.2 Å². The number of hydrogen-bond donors (Lipinski definition) is 1.